The molecule has 21 heavy (non-hydrogen) atoms. The zero-order valence-corrected chi connectivity index (χ0v) is 13.1. The monoisotopic (exact) mass is 295 g/mol. The Hall–Kier alpha value is -1.92. The maximum absolute atomic E-state index is 11.0. The standard InChI is InChI=1S/C14H25N5O2/c1-10(2)8-6-4-5-7-9-16-13-12(19(20)21)11(3)17-14(15)18-13/h10H,4-9H2,1-3H3,(H3,15,16,17,18). The van der Waals surface area contributed by atoms with Crippen LogP contribution in [0.3, 0.4) is 0 Å². The zero-order chi connectivity index (χ0) is 15.8. The summed E-state index contributed by atoms with van der Waals surface area (Å²) in [6, 6.07) is 0. The van der Waals surface area contributed by atoms with Crippen molar-refractivity contribution >= 4 is 17.5 Å². The van der Waals surface area contributed by atoms with E-state index in [1.807, 2.05) is 0 Å². The number of anilines is 2. The number of nitrogens with zero attached hydrogens (tertiary/aromatic N) is 3. The van der Waals surface area contributed by atoms with Crippen molar-refractivity contribution in [2.24, 2.45) is 5.92 Å². The van der Waals surface area contributed by atoms with E-state index in [9.17, 15) is 10.1 Å². The predicted octanol–water partition coefficient (Wildman–Crippen LogP) is 3.29. The summed E-state index contributed by atoms with van der Waals surface area (Å²) in [5.41, 5.74) is 5.73. The molecule has 0 radical (unpaired) electrons. The lowest BCUT2D eigenvalue weighted by Gasteiger charge is -2.08. The van der Waals surface area contributed by atoms with Crippen LogP contribution < -0.4 is 11.1 Å². The lowest BCUT2D eigenvalue weighted by molar-refractivity contribution is -0.385. The molecule has 0 atom stereocenters. The van der Waals surface area contributed by atoms with Crippen LogP contribution in [0.25, 0.3) is 0 Å². The predicted molar refractivity (Wildman–Crippen MR) is 84.2 cm³/mol. The van der Waals surface area contributed by atoms with Gasteiger partial charge in [-0.05, 0) is 19.3 Å². The molecule has 0 unspecified atom stereocenters. The molecule has 0 aliphatic carbocycles. The van der Waals surface area contributed by atoms with Crippen molar-refractivity contribution in [1.82, 2.24) is 9.97 Å². The second-order valence-corrected chi connectivity index (χ2v) is 5.65. The van der Waals surface area contributed by atoms with Crippen molar-refractivity contribution in [1.29, 1.82) is 0 Å². The average Bonchev–Trinajstić information content (AvgIpc) is 2.35. The number of nitrogens with one attached hydrogen (secondary N) is 1. The van der Waals surface area contributed by atoms with Gasteiger partial charge in [0.25, 0.3) is 0 Å². The first-order valence-corrected chi connectivity index (χ1v) is 7.44. The number of rotatable bonds is 9. The van der Waals surface area contributed by atoms with Crippen LogP contribution >= 0.6 is 0 Å². The van der Waals surface area contributed by atoms with E-state index >= 15 is 0 Å². The summed E-state index contributed by atoms with van der Waals surface area (Å²) in [5, 5.41) is 14.0. The number of unbranched alkanes of at least 4 members (excludes halogenated alkanes) is 3. The fourth-order valence-electron chi connectivity index (χ4n) is 2.17. The normalized spacial score (nSPS) is 10.9. The summed E-state index contributed by atoms with van der Waals surface area (Å²) in [5.74, 6) is 1.02. The molecule has 0 amide bonds. The lowest BCUT2D eigenvalue weighted by Crippen LogP contribution is -2.10. The molecule has 1 aromatic rings. The van der Waals surface area contributed by atoms with Crippen molar-refractivity contribution in [3.8, 4) is 0 Å². The first-order valence-electron chi connectivity index (χ1n) is 7.44. The van der Waals surface area contributed by atoms with E-state index < -0.39 is 4.92 Å². The molecule has 0 aromatic carbocycles. The highest BCUT2D eigenvalue weighted by atomic mass is 16.6. The Morgan fingerprint density at radius 1 is 1.24 bits per heavy atom. The van der Waals surface area contributed by atoms with Gasteiger partial charge < -0.3 is 11.1 Å². The average molecular weight is 295 g/mol. The van der Waals surface area contributed by atoms with Gasteiger partial charge in [0, 0.05) is 6.54 Å². The molecule has 1 heterocycles. The van der Waals surface area contributed by atoms with Crippen LogP contribution in [0.5, 0.6) is 0 Å². The number of aryl methyl sites for hydroxylation is 1. The molecule has 1 rings (SSSR count). The van der Waals surface area contributed by atoms with Gasteiger partial charge in [0.2, 0.25) is 11.8 Å². The Bertz CT molecular complexity index is 477. The Morgan fingerprint density at radius 3 is 2.52 bits per heavy atom. The summed E-state index contributed by atoms with van der Waals surface area (Å²) < 4.78 is 0. The summed E-state index contributed by atoms with van der Waals surface area (Å²) >= 11 is 0. The van der Waals surface area contributed by atoms with Crippen molar-refractivity contribution < 1.29 is 4.92 Å². The molecule has 0 spiro atoms. The molecule has 7 nitrogen and oxygen atoms in total. The van der Waals surface area contributed by atoms with E-state index in [0.717, 1.165) is 18.8 Å². The van der Waals surface area contributed by atoms with Gasteiger partial charge in [-0.25, -0.2) is 4.98 Å². The van der Waals surface area contributed by atoms with Crippen LogP contribution in [0.4, 0.5) is 17.5 Å². The molecule has 0 bridgehead atoms. The van der Waals surface area contributed by atoms with Gasteiger partial charge in [0.1, 0.15) is 5.69 Å². The van der Waals surface area contributed by atoms with Crippen molar-refractivity contribution in [2.45, 2.75) is 52.9 Å². The third kappa shape index (κ3) is 5.93. The van der Waals surface area contributed by atoms with Gasteiger partial charge in [-0.2, -0.15) is 4.98 Å². The zero-order valence-electron chi connectivity index (χ0n) is 13.1. The number of aromatic nitrogens is 2. The molecule has 0 aliphatic rings. The fourth-order valence-corrected chi connectivity index (χ4v) is 2.17. The SMILES string of the molecule is Cc1nc(N)nc(NCCCCCCC(C)C)c1[N+](=O)[O-]. The third-order valence-corrected chi connectivity index (χ3v) is 3.26. The Balaban J connectivity index is 2.43. The maximum atomic E-state index is 11.0. The van der Waals surface area contributed by atoms with Crippen LogP contribution in [-0.2, 0) is 0 Å². The fraction of sp³-hybridized carbons (Fsp3) is 0.714. The minimum Gasteiger partial charge on any atom is -0.368 e. The topological polar surface area (TPSA) is 107 Å². The second-order valence-electron chi connectivity index (χ2n) is 5.65. The van der Waals surface area contributed by atoms with E-state index in [1.165, 1.54) is 19.3 Å². The molecule has 0 saturated heterocycles. The van der Waals surface area contributed by atoms with Crippen LogP contribution in [0.2, 0.25) is 0 Å². The van der Waals surface area contributed by atoms with E-state index in [2.05, 4.69) is 29.1 Å². The highest BCUT2D eigenvalue weighted by Crippen LogP contribution is 2.25. The third-order valence-electron chi connectivity index (χ3n) is 3.26. The van der Waals surface area contributed by atoms with Gasteiger partial charge in [0.15, 0.2) is 0 Å². The summed E-state index contributed by atoms with van der Waals surface area (Å²) in [4.78, 5) is 18.3. The maximum Gasteiger partial charge on any atom is 0.332 e. The minimum absolute atomic E-state index is 0.0533. The molecular weight excluding hydrogens is 270 g/mol. The van der Waals surface area contributed by atoms with Crippen molar-refractivity contribution in [3.05, 3.63) is 15.8 Å². The minimum atomic E-state index is -0.472. The van der Waals surface area contributed by atoms with Gasteiger partial charge in [-0.1, -0.05) is 39.5 Å². The van der Waals surface area contributed by atoms with E-state index in [1.54, 1.807) is 6.92 Å². The number of hydrogen-bond acceptors (Lipinski definition) is 6. The summed E-state index contributed by atoms with van der Waals surface area (Å²) in [6.45, 7) is 6.66. The van der Waals surface area contributed by atoms with Gasteiger partial charge in [-0.15, -0.1) is 0 Å². The largest absolute Gasteiger partial charge is 0.368 e. The molecule has 3 N–H and O–H groups in total. The number of nitro groups is 1. The molecule has 0 saturated carbocycles. The molecule has 7 heteroatoms. The van der Waals surface area contributed by atoms with Crippen LogP contribution in [0, 0.1) is 23.0 Å². The van der Waals surface area contributed by atoms with E-state index in [0.29, 0.717) is 6.54 Å². The first-order chi connectivity index (χ1) is 9.91. The van der Waals surface area contributed by atoms with E-state index in [-0.39, 0.29) is 23.1 Å². The van der Waals surface area contributed by atoms with Gasteiger partial charge in [0.05, 0.1) is 4.92 Å². The molecule has 0 aliphatic heterocycles. The van der Waals surface area contributed by atoms with Crippen LogP contribution in [0.15, 0.2) is 0 Å². The Kier molecular flexibility index (Phi) is 6.84. The highest BCUT2D eigenvalue weighted by Gasteiger charge is 2.20. The van der Waals surface area contributed by atoms with Crippen LogP contribution in [0.1, 0.15) is 51.6 Å². The molecular formula is C14H25N5O2. The quantitative estimate of drug-likeness (QED) is 0.411. The summed E-state index contributed by atoms with van der Waals surface area (Å²) in [6.07, 6.45) is 5.73. The van der Waals surface area contributed by atoms with E-state index in [4.69, 9.17) is 5.73 Å². The molecule has 0 fully saturated rings. The lowest BCUT2D eigenvalue weighted by atomic mass is 10.0. The number of nitrogen functional groups attached to an aromatic ring is 1. The van der Waals surface area contributed by atoms with Crippen molar-refractivity contribution in [2.75, 3.05) is 17.6 Å². The van der Waals surface area contributed by atoms with Gasteiger partial charge in [-0.3, -0.25) is 10.1 Å². The van der Waals surface area contributed by atoms with Crippen LogP contribution in [-0.4, -0.2) is 21.4 Å². The smallest absolute Gasteiger partial charge is 0.332 e. The molecule has 118 valence electrons. The van der Waals surface area contributed by atoms with Gasteiger partial charge >= 0.3 is 5.69 Å². The number of hydrogen-bond donors (Lipinski definition) is 2. The summed E-state index contributed by atoms with van der Waals surface area (Å²) in [7, 11) is 0. The molecule has 1 aromatic heterocycles. The van der Waals surface area contributed by atoms with Crippen molar-refractivity contribution in [3.63, 3.8) is 0 Å². The Labute approximate surface area is 125 Å². The Morgan fingerprint density at radius 2 is 1.90 bits per heavy atom. The number of nitrogens with two attached hydrogens (primary N) is 1. The first kappa shape index (κ1) is 17.1. The highest BCUT2D eigenvalue weighted by molar-refractivity contribution is 5.60. The second kappa shape index (κ2) is 8.39.